The first-order chi connectivity index (χ1) is 5.66. The Balaban J connectivity index is 4.95. The number of hydrogen-bond donors (Lipinski definition) is 3. The average molecular weight is 211 g/mol. The highest BCUT2D eigenvalue weighted by molar-refractivity contribution is 6.18. The number of aliphatic carboxylic acids is 1. The lowest BCUT2D eigenvalue weighted by Gasteiger charge is -2.40. The summed E-state index contributed by atoms with van der Waals surface area (Å²) < 4.78 is 0. The number of hydrogen-bond acceptors (Lipinski definition) is 3. The summed E-state index contributed by atoms with van der Waals surface area (Å²) in [6.45, 7) is 4.84. The fourth-order valence-electron chi connectivity index (χ4n) is 0.888. The minimum atomic E-state index is -1.87. The van der Waals surface area contributed by atoms with Crippen LogP contribution in [0.3, 0.4) is 0 Å². The average Bonchev–Trinajstić information content (AvgIpc) is 1.99. The van der Waals surface area contributed by atoms with Crippen LogP contribution in [0.1, 0.15) is 20.8 Å². The van der Waals surface area contributed by atoms with Crippen molar-refractivity contribution in [2.45, 2.75) is 32.5 Å². The van der Waals surface area contributed by atoms with Gasteiger partial charge in [-0.1, -0.05) is 20.8 Å². The van der Waals surface area contributed by atoms with Gasteiger partial charge in [-0.25, -0.2) is 4.79 Å². The van der Waals surface area contributed by atoms with Crippen molar-refractivity contribution < 1.29 is 20.1 Å². The molecule has 3 N–H and O–H groups in total. The Labute approximate surface area is 82.1 Å². The minimum Gasteiger partial charge on any atom is -0.479 e. The molecule has 0 saturated heterocycles. The number of rotatable bonds is 3. The SMILES string of the molecule is CC(C)(C)[C@](O)(CCl)[C@@H](O)C(=O)O. The standard InChI is InChI=1S/C8H15ClO4/c1-7(2,3)8(13,4-9)5(10)6(11)12/h5,10,13H,4H2,1-3H3,(H,11,12)/t5-,8-/m0/s1. The van der Waals surface area contributed by atoms with E-state index in [4.69, 9.17) is 16.7 Å². The van der Waals surface area contributed by atoms with Gasteiger partial charge in [0.05, 0.1) is 5.88 Å². The Kier molecular flexibility index (Phi) is 3.72. The summed E-state index contributed by atoms with van der Waals surface area (Å²) in [6, 6.07) is 0. The maximum atomic E-state index is 10.5. The van der Waals surface area contributed by atoms with Gasteiger partial charge in [0.2, 0.25) is 0 Å². The summed E-state index contributed by atoms with van der Waals surface area (Å²) in [6.07, 6.45) is -1.87. The van der Waals surface area contributed by atoms with E-state index in [1.807, 2.05) is 0 Å². The van der Waals surface area contributed by atoms with E-state index in [1.165, 1.54) is 0 Å². The van der Waals surface area contributed by atoms with Crippen LogP contribution in [0.5, 0.6) is 0 Å². The fraction of sp³-hybridized carbons (Fsp3) is 0.875. The molecule has 0 aromatic heterocycles. The van der Waals surface area contributed by atoms with Gasteiger partial charge >= 0.3 is 5.97 Å². The van der Waals surface area contributed by atoms with Gasteiger partial charge in [0.25, 0.3) is 0 Å². The van der Waals surface area contributed by atoms with Crippen molar-refractivity contribution in [1.82, 2.24) is 0 Å². The number of halogens is 1. The largest absolute Gasteiger partial charge is 0.479 e. The third kappa shape index (κ3) is 2.33. The van der Waals surface area contributed by atoms with Gasteiger partial charge in [-0.3, -0.25) is 0 Å². The molecule has 0 aromatic carbocycles. The van der Waals surface area contributed by atoms with E-state index in [2.05, 4.69) is 0 Å². The van der Waals surface area contributed by atoms with Gasteiger partial charge in [0.15, 0.2) is 6.10 Å². The van der Waals surface area contributed by atoms with Gasteiger partial charge in [-0.15, -0.1) is 11.6 Å². The van der Waals surface area contributed by atoms with Crippen LogP contribution >= 0.6 is 11.6 Å². The first-order valence-electron chi connectivity index (χ1n) is 3.86. The Hall–Kier alpha value is -0.320. The maximum Gasteiger partial charge on any atom is 0.335 e. The molecule has 5 heteroatoms. The van der Waals surface area contributed by atoms with Crippen molar-refractivity contribution in [3.8, 4) is 0 Å². The van der Waals surface area contributed by atoms with Crippen LogP contribution in [-0.4, -0.2) is 38.9 Å². The van der Waals surface area contributed by atoms with Crippen LogP contribution in [0.4, 0.5) is 0 Å². The van der Waals surface area contributed by atoms with Crippen molar-refractivity contribution in [1.29, 1.82) is 0 Å². The molecular formula is C8H15ClO4. The molecule has 13 heavy (non-hydrogen) atoms. The minimum absolute atomic E-state index is 0.329. The van der Waals surface area contributed by atoms with Crippen LogP contribution in [0.15, 0.2) is 0 Å². The van der Waals surface area contributed by atoms with E-state index in [0.29, 0.717) is 0 Å². The molecule has 0 unspecified atom stereocenters. The van der Waals surface area contributed by atoms with Crippen molar-refractivity contribution in [3.63, 3.8) is 0 Å². The summed E-state index contributed by atoms with van der Waals surface area (Å²) in [4.78, 5) is 10.5. The lowest BCUT2D eigenvalue weighted by atomic mass is 9.74. The summed E-state index contributed by atoms with van der Waals surface area (Å²) in [7, 11) is 0. The van der Waals surface area contributed by atoms with Crippen LogP contribution in [0.2, 0.25) is 0 Å². The van der Waals surface area contributed by atoms with E-state index in [1.54, 1.807) is 20.8 Å². The molecular weight excluding hydrogens is 196 g/mol. The number of carboxylic acid groups (broad SMARTS) is 1. The highest BCUT2D eigenvalue weighted by atomic mass is 35.5. The number of carbonyl (C=O) groups is 1. The summed E-state index contributed by atoms with van der Waals surface area (Å²) in [5.74, 6) is -1.80. The smallest absolute Gasteiger partial charge is 0.335 e. The van der Waals surface area contributed by atoms with E-state index in [0.717, 1.165) is 0 Å². The Morgan fingerprint density at radius 3 is 1.92 bits per heavy atom. The molecule has 0 spiro atoms. The third-order valence-electron chi connectivity index (χ3n) is 2.19. The molecule has 0 amide bonds. The van der Waals surface area contributed by atoms with E-state index >= 15 is 0 Å². The van der Waals surface area contributed by atoms with E-state index < -0.39 is 23.1 Å². The van der Waals surface area contributed by atoms with Crippen molar-refractivity contribution >= 4 is 17.6 Å². The second-order valence-corrected chi connectivity index (χ2v) is 4.32. The normalized spacial score (nSPS) is 19.2. The molecule has 0 fully saturated rings. The monoisotopic (exact) mass is 210 g/mol. The molecule has 0 radical (unpaired) electrons. The molecule has 2 atom stereocenters. The van der Waals surface area contributed by atoms with Gasteiger partial charge in [-0.2, -0.15) is 0 Å². The van der Waals surface area contributed by atoms with E-state index in [9.17, 15) is 15.0 Å². The van der Waals surface area contributed by atoms with Crippen LogP contribution in [0, 0.1) is 5.41 Å². The van der Waals surface area contributed by atoms with Gasteiger partial charge in [0, 0.05) is 0 Å². The molecule has 0 aliphatic rings. The predicted octanol–water partition coefficient (Wildman–Crippen LogP) is 0.448. The molecule has 4 nitrogen and oxygen atoms in total. The van der Waals surface area contributed by atoms with Crippen LogP contribution < -0.4 is 0 Å². The first kappa shape index (κ1) is 12.7. The lowest BCUT2D eigenvalue weighted by Crippen LogP contribution is -2.57. The number of aliphatic hydroxyl groups is 2. The molecule has 0 saturated carbocycles. The van der Waals surface area contributed by atoms with Crippen LogP contribution in [-0.2, 0) is 4.79 Å². The van der Waals surface area contributed by atoms with Gasteiger partial charge in [0.1, 0.15) is 5.60 Å². The number of aliphatic hydroxyl groups excluding tert-OH is 1. The molecule has 0 aliphatic heterocycles. The predicted molar refractivity (Wildman–Crippen MR) is 48.8 cm³/mol. The quantitative estimate of drug-likeness (QED) is 0.591. The molecule has 0 heterocycles. The maximum absolute atomic E-state index is 10.5. The Morgan fingerprint density at radius 2 is 1.85 bits per heavy atom. The van der Waals surface area contributed by atoms with Gasteiger partial charge < -0.3 is 15.3 Å². The second kappa shape index (κ2) is 3.82. The van der Waals surface area contributed by atoms with Gasteiger partial charge in [-0.05, 0) is 5.41 Å². The zero-order valence-electron chi connectivity index (χ0n) is 7.91. The topological polar surface area (TPSA) is 77.8 Å². The van der Waals surface area contributed by atoms with Crippen LogP contribution in [0.25, 0.3) is 0 Å². The van der Waals surface area contributed by atoms with E-state index in [-0.39, 0.29) is 5.88 Å². The summed E-state index contributed by atoms with van der Waals surface area (Å²) in [5, 5.41) is 27.6. The summed E-state index contributed by atoms with van der Waals surface area (Å²) >= 11 is 5.46. The molecule has 0 aromatic rings. The Bertz CT molecular complexity index is 199. The lowest BCUT2D eigenvalue weighted by molar-refractivity contribution is -0.174. The highest BCUT2D eigenvalue weighted by Gasteiger charge is 2.48. The first-order valence-corrected chi connectivity index (χ1v) is 4.39. The second-order valence-electron chi connectivity index (χ2n) is 4.05. The molecule has 78 valence electrons. The Morgan fingerprint density at radius 1 is 1.46 bits per heavy atom. The molecule has 0 bridgehead atoms. The zero-order chi connectivity index (χ0) is 10.9. The third-order valence-corrected chi connectivity index (χ3v) is 2.60. The van der Waals surface area contributed by atoms with Crippen molar-refractivity contribution in [3.05, 3.63) is 0 Å². The number of carboxylic acids is 1. The van der Waals surface area contributed by atoms with Crippen molar-refractivity contribution in [2.75, 3.05) is 5.88 Å². The zero-order valence-corrected chi connectivity index (χ0v) is 8.67. The molecule has 0 rings (SSSR count). The highest BCUT2D eigenvalue weighted by Crippen LogP contribution is 2.34. The van der Waals surface area contributed by atoms with Crippen molar-refractivity contribution in [2.24, 2.45) is 5.41 Å². The number of alkyl halides is 1. The fourth-order valence-corrected chi connectivity index (χ4v) is 1.43. The molecule has 0 aliphatic carbocycles. The summed E-state index contributed by atoms with van der Waals surface area (Å²) in [5.41, 5.74) is -2.62.